The summed E-state index contributed by atoms with van der Waals surface area (Å²) >= 11 is 0. The number of hydrogen-bond acceptors (Lipinski definition) is 7. The summed E-state index contributed by atoms with van der Waals surface area (Å²) in [5, 5.41) is 15.5. The molecule has 2 heterocycles. The molecule has 0 spiro atoms. The molecule has 0 saturated heterocycles. The number of nitrogens with zero attached hydrogens (tertiary/aromatic N) is 5. The average molecular weight is 363 g/mol. The van der Waals surface area contributed by atoms with Crippen molar-refractivity contribution in [3.63, 3.8) is 0 Å². The number of ether oxygens (including phenoxy) is 1. The first kappa shape index (κ1) is 19.8. The molecule has 2 N–H and O–H groups in total. The molecule has 0 bridgehead atoms. The summed E-state index contributed by atoms with van der Waals surface area (Å²) < 4.78 is 5.29. The van der Waals surface area contributed by atoms with Crippen molar-refractivity contribution in [2.45, 2.75) is 0 Å². The van der Waals surface area contributed by atoms with Crippen LogP contribution in [0.5, 0.6) is 5.75 Å². The van der Waals surface area contributed by atoms with Gasteiger partial charge in [-0.1, -0.05) is 17.2 Å². The molecule has 0 aliphatic carbocycles. The number of methoxy groups -OCH3 is 1. The minimum Gasteiger partial charge on any atom is -1.00 e. The third-order valence-electron chi connectivity index (χ3n) is 3.52. The van der Waals surface area contributed by atoms with Gasteiger partial charge in [0.25, 0.3) is 11.9 Å². The van der Waals surface area contributed by atoms with Crippen molar-refractivity contribution < 1.29 is 40.5 Å². The smallest absolute Gasteiger partial charge is 1.00 e. The number of rotatable bonds is 5. The number of amides is 1. The van der Waals surface area contributed by atoms with E-state index in [-0.39, 0.29) is 42.6 Å². The summed E-state index contributed by atoms with van der Waals surface area (Å²) in [6, 6.07) is 11.2. The van der Waals surface area contributed by atoms with Crippen molar-refractivity contribution in [1.82, 2.24) is 25.6 Å². The van der Waals surface area contributed by atoms with Crippen molar-refractivity contribution >= 4 is 17.5 Å². The Hall–Kier alpha value is -2.49. The third-order valence-corrected chi connectivity index (χ3v) is 3.52. The second kappa shape index (κ2) is 8.75. The summed E-state index contributed by atoms with van der Waals surface area (Å²) in [5.74, 6) is 0.151. The number of carbonyl (C=O) groups is 1. The quantitative estimate of drug-likeness (QED) is 0.543. The van der Waals surface area contributed by atoms with E-state index in [1.807, 2.05) is 43.3 Å². The molecule has 130 valence electrons. The minimum absolute atomic E-state index is 0. The number of carbonyl (C=O) groups excluding carboxylic acids is 1. The maximum Gasteiger partial charge on any atom is 1.00 e. The van der Waals surface area contributed by atoms with Crippen LogP contribution in [0, 0.1) is 0 Å². The molecule has 10 heteroatoms. The second-order valence-corrected chi connectivity index (χ2v) is 5.41. The Labute approximate surface area is 173 Å². The molecular formula is C16H18N7NaO2. The van der Waals surface area contributed by atoms with Crippen molar-refractivity contribution in [3.05, 3.63) is 42.1 Å². The summed E-state index contributed by atoms with van der Waals surface area (Å²) in [4.78, 5) is 18.8. The fraction of sp³-hybridized carbons (Fsp3) is 0.188. The number of hydrogen-bond donors (Lipinski definition) is 2. The third kappa shape index (κ3) is 4.57. The van der Waals surface area contributed by atoms with Gasteiger partial charge in [0.05, 0.1) is 12.8 Å². The zero-order chi connectivity index (χ0) is 17.8. The number of H-pyrrole nitrogens is 1. The Balaban J connectivity index is 0.00000182. The first-order valence-electron chi connectivity index (χ1n) is 7.45. The van der Waals surface area contributed by atoms with Gasteiger partial charge in [-0.2, -0.15) is 5.21 Å². The Morgan fingerprint density at radius 3 is 2.54 bits per heavy atom. The normalized spacial score (nSPS) is 9.96. The van der Waals surface area contributed by atoms with Gasteiger partial charge >= 0.3 is 29.6 Å². The molecule has 26 heavy (non-hydrogen) atoms. The number of nitrogens with one attached hydrogen (secondary N) is 2. The summed E-state index contributed by atoms with van der Waals surface area (Å²) in [5.41, 5.74) is 2.76. The van der Waals surface area contributed by atoms with E-state index in [9.17, 15) is 4.79 Å². The molecule has 0 aliphatic heterocycles. The van der Waals surface area contributed by atoms with E-state index in [1.165, 1.54) is 7.11 Å². The van der Waals surface area contributed by atoms with E-state index >= 15 is 0 Å². The van der Waals surface area contributed by atoms with E-state index in [0.717, 1.165) is 11.3 Å². The van der Waals surface area contributed by atoms with E-state index in [1.54, 1.807) is 12.1 Å². The van der Waals surface area contributed by atoms with Crippen LogP contribution >= 0.6 is 0 Å². The number of tetrazole rings is 1. The van der Waals surface area contributed by atoms with Crippen LogP contribution in [-0.2, 0) is 0 Å². The maximum absolute atomic E-state index is 12.3. The van der Waals surface area contributed by atoms with E-state index in [2.05, 4.69) is 30.9 Å². The molecule has 3 rings (SSSR count). The van der Waals surface area contributed by atoms with Crippen molar-refractivity contribution in [1.29, 1.82) is 0 Å². The number of pyridine rings is 1. The van der Waals surface area contributed by atoms with Gasteiger partial charge in [-0.05, 0) is 17.3 Å². The van der Waals surface area contributed by atoms with Crippen LogP contribution in [0.1, 0.15) is 11.9 Å². The number of aromatic amines is 1. The van der Waals surface area contributed by atoms with Crippen LogP contribution in [0.3, 0.4) is 0 Å². The van der Waals surface area contributed by atoms with Gasteiger partial charge in [-0.15, -0.1) is 5.10 Å². The number of aromatic nitrogens is 5. The molecule has 0 unspecified atom stereocenters. The molecule has 0 atom stereocenters. The maximum atomic E-state index is 12.3. The fourth-order valence-electron chi connectivity index (χ4n) is 2.20. The topological polar surface area (TPSA) is 109 Å². The predicted octanol–water partition coefficient (Wildman–Crippen LogP) is -1.29. The van der Waals surface area contributed by atoms with Crippen LogP contribution in [0.15, 0.2) is 36.4 Å². The molecule has 3 aromatic rings. The van der Waals surface area contributed by atoms with Gasteiger partial charge in [0, 0.05) is 37.5 Å². The zero-order valence-corrected chi connectivity index (χ0v) is 17.0. The van der Waals surface area contributed by atoms with Crippen LogP contribution < -0.4 is 44.5 Å². The molecule has 0 radical (unpaired) electrons. The van der Waals surface area contributed by atoms with E-state index in [0.29, 0.717) is 11.4 Å². The van der Waals surface area contributed by atoms with Gasteiger partial charge in [0.2, 0.25) is 0 Å². The van der Waals surface area contributed by atoms with E-state index in [4.69, 9.17) is 4.74 Å². The summed E-state index contributed by atoms with van der Waals surface area (Å²) in [6.07, 6.45) is 0. The molecule has 1 amide bonds. The van der Waals surface area contributed by atoms with Crippen LogP contribution in [-0.4, -0.2) is 52.7 Å². The molecule has 1 aromatic carbocycles. The van der Waals surface area contributed by atoms with E-state index < -0.39 is 5.91 Å². The SMILES string of the molecule is COc1cc(C(=O)Nc2nn[nH]n2)nc(-c2ccc(N(C)C)cc2)c1.[H-].[Na+]. The monoisotopic (exact) mass is 363 g/mol. The number of benzene rings is 1. The first-order valence-corrected chi connectivity index (χ1v) is 7.45. The molecule has 0 aliphatic rings. The summed E-state index contributed by atoms with van der Waals surface area (Å²) in [7, 11) is 5.48. The standard InChI is InChI=1S/C16H17N7O2.Na.H/c1-23(2)11-6-4-10(5-7-11)13-8-12(25-3)9-14(17-13)15(24)18-16-19-21-22-20-16;;/h4-9H,1-3H3,(H2,18,19,20,21,22,24);;/q;+1;-1. The van der Waals surface area contributed by atoms with Gasteiger partial charge in [-0.3, -0.25) is 10.1 Å². The van der Waals surface area contributed by atoms with Crippen LogP contribution in [0.25, 0.3) is 11.3 Å². The Morgan fingerprint density at radius 2 is 1.96 bits per heavy atom. The molecule has 0 fully saturated rings. The van der Waals surface area contributed by atoms with Gasteiger partial charge in [-0.25, -0.2) is 4.98 Å². The van der Waals surface area contributed by atoms with Gasteiger partial charge in [0.15, 0.2) is 0 Å². The van der Waals surface area contributed by atoms with Crippen molar-refractivity contribution in [2.24, 2.45) is 0 Å². The Kier molecular flexibility index (Phi) is 6.67. The first-order chi connectivity index (χ1) is 12.1. The van der Waals surface area contributed by atoms with Gasteiger partial charge in [0.1, 0.15) is 11.4 Å². The van der Waals surface area contributed by atoms with Crippen molar-refractivity contribution in [3.8, 4) is 17.0 Å². The predicted molar refractivity (Wildman–Crippen MR) is 93.8 cm³/mol. The minimum atomic E-state index is -0.452. The molecule has 9 nitrogen and oxygen atoms in total. The summed E-state index contributed by atoms with van der Waals surface area (Å²) in [6.45, 7) is 0. The van der Waals surface area contributed by atoms with Crippen LogP contribution in [0.2, 0.25) is 0 Å². The largest absolute Gasteiger partial charge is 1.00 e. The zero-order valence-electron chi connectivity index (χ0n) is 16.0. The van der Waals surface area contributed by atoms with Crippen LogP contribution in [0.4, 0.5) is 11.6 Å². The Bertz CT molecular complexity index is 873. The van der Waals surface area contributed by atoms with Gasteiger partial charge < -0.3 is 11.1 Å². The molecule has 2 aromatic heterocycles. The molecule has 0 saturated carbocycles. The molecular weight excluding hydrogens is 345 g/mol. The Morgan fingerprint density at radius 1 is 1.23 bits per heavy atom. The average Bonchev–Trinajstić information content (AvgIpc) is 3.14. The number of anilines is 2. The fourth-order valence-corrected chi connectivity index (χ4v) is 2.20. The van der Waals surface area contributed by atoms with Crippen molar-refractivity contribution in [2.75, 3.05) is 31.4 Å². The second-order valence-electron chi connectivity index (χ2n) is 5.41.